The monoisotopic (exact) mass is 482 g/mol. The Labute approximate surface area is 204 Å². The van der Waals surface area contributed by atoms with Gasteiger partial charge in [0.1, 0.15) is 5.75 Å². The van der Waals surface area contributed by atoms with E-state index in [0.717, 1.165) is 19.3 Å². The number of benzene rings is 2. The van der Waals surface area contributed by atoms with E-state index in [2.05, 4.69) is 11.9 Å². The van der Waals surface area contributed by atoms with Crippen molar-refractivity contribution in [3.63, 3.8) is 0 Å². The molecule has 0 saturated heterocycles. The van der Waals surface area contributed by atoms with Crippen LogP contribution in [0.15, 0.2) is 55.1 Å². The molecule has 1 heterocycles. The van der Waals surface area contributed by atoms with Crippen LogP contribution < -0.4 is 19.7 Å². The van der Waals surface area contributed by atoms with Crippen LogP contribution >= 0.6 is 0 Å². The number of ether oxygens (including phenoxy) is 2. The maximum absolute atomic E-state index is 12.9. The fourth-order valence-electron chi connectivity index (χ4n) is 3.71. The van der Waals surface area contributed by atoms with Crippen molar-refractivity contribution in [1.82, 2.24) is 0 Å². The van der Waals surface area contributed by atoms with Crippen molar-refractivity contribution >= 4 is 29.2 Å². The normalized spacial score (nSPS) is 14.4. The summed E-state index contributed by atoms with van der Waals surface area (Å²) in [6.45, 7) is 4.70. The molecule has 9 nitrogen and oxygen atoms in total. The standard InChI is InChI=1S/C26H30N2O7/c1-2-3-4-5-16-34-19-13-11-18(12-14-19)25(31)27-20-8-6-9-21-24(20)35-22(26(32)33)17-28(21)15-7-10-23(29)30/h2,6,8-9,11-14,22H,1,3-5,7,10,15-17H2,(H,27,31)(H,29,30)(H,32,33). The van der Waals surface area contributed by atoms with Crippen LogP contribution in [0.2, 0.25) is 0 Å². The Balaban J connectivity index is 1.70. The summed E-state index contributed by atoms with van der Waals surface area (Å²) in [7, 11) is 0. The highest BCUT2D eigenvalue weighted by molar-refractivity contribution is 6.05. The largest absolute Gasteiger partial charge is 0.494 e. The Morgan fingerprint density at radius 2 is 1.89 bits per heavy atom. The molecule has 0 aromatic heterocycles. The zero-order chi connectivity index (χ0) is 25.2. The average molecular weight is 483 g/mol. The molecule has 0 aliphatic carbocycles. The smallest absolute Gasteiger partial charge is 0.346 e. The van der Waals surface area contributed by atoms with E-state index in [1.165, 1.54) is 0 Å². The van der Waals surface area contributed by atoms with E-state index in [9.17, 15) is 19.5 Å². The van der Waals surface area contributed by atoms with Gasteiger partial charge in [-0.15, -0.1) is 6.58 Å². The van der Waals surface area contributed by atoms with Crippen LogP contribution in [0.5, 0.6) is 11.5 Å². The van der Waals surface area contributed by atoms with Crippen molar-refractivity contribution in [2.75, 3.05) is 29.9 Å². The summed E-state index contributed by atoms with van der Waals surface area (Å²) in [6, 6.07) is 11.9. The van der Waals surface area contributed by atoms with Crippen LogP contribution in [-0.4, -0.2) is 53.9 Å². The number of para-hydroxylation sites is 1. The zero-order valence-corrected chi connectivity index (χ0v) is 19.4. The van der Waals surface area contributed by atoms with Gasteiger partial charge in [-0.25, -0.2) is 4.79 Å². The lowest BCUT2D eigenvalue weighted by atomic mass is 10.1. The second-order valence-electron chi connectivity index (χ2n) is 8.15. The number of allylic oxidation sites excluding steroid dienone is 1. The first-order valence-corrected chi connectivity index (χ1v) is 11.5. The van der Waals surface area contributed by atoms with Gasteiger partial charge in [0.2, 0.25) is 6.10 Å². The highest BCUT2D eigenvalue weighted by atomic mass is 16.5. The van der Waals surface area contributed by atoms with Gasteiger partial charge in [0.05, 0.1) is 24.5 Å². The summed E-state index contributed by atoms with van der Waals surface area (Å²) in [5.74, 6) is -1.52. The second-order valence-corrected chi connectivity index (χ2v) is 8.15. The SMILES string of the molecule is C=CCCCCOc1ccc(C(=O)Nc2cccc3c2OC(C(=O)O)CN3CCCC(=O)O)cc1. The maximum Gasteiger partial charge on any atom is 0.346 e. The molecular weight excluding hydrogens is 452 g/mol. The molecule has 0 fully saturated rings. The number of anilines is 2. The lowest BCUT2D eigenvalue weighted by molar-refractivity contribution is -0.145. The predicted molar refractivity (Wildman–Crippen MR) is 132 cm³/mol. The van der Waals surface area contributed by atoms with Gasteiger partial charge in [0.25, 0.3) is 5.91 Å². The highest BCUT2D eigenvalue weighted by Gasteiger charge is 2.32. The first-order chi connectivity index (χ1) is 16.9. The lowest BCUT2D eigenvalue weighted by Crippen LogP contribution is -2.45. The number of unbranched alkanes of at least 4 members (excludes halogenated alkanes) is 2. The predicted octanol–water partition coefficient (Wildman–Crippen LogP) is 4.19. The third-order valence-electron chi connectivity index (χ3n) is 5.51. The van der Waals surface area contributed by atoms with Crippen LogP contribution in [0.3, 0.4) is 0 Å². The molecule has 1 aliphatic heterocycles. The summed E-state index contributed by atoms with van der Waals surface area (Å²) < 4.78 is 11.4. The van der Waals surface area contributed by atoms with Crippen LogP contribution in [0, 0.1) is 0 Å². The lowest BCUT2D eigenvalue weighted by Gasteiger charge is -2.35. The number of hydrogen-bond acceptors (Lipinski definition) is 6. The molecule has 3 rings (SSSR count). The highest BCUT2D eigenvalue weighted by Crippen LogP contribution is 2.40. The summed E-state index contributed by atoms with van der Waals surface area (Å²) in [4.78, 5) is 37.2. The van der Waals surface area contributed by atoms with E-state index < -0.39 is 18.0 Å². The van der Waals surface area contributed by atoms with Crippen LogP contribution in [-0.2, 0) is 9.59 Å². The molecule has 0 saturated carbocycles. The van der Waals surface area contributed by atoms with Crippen LogP contribution in [0.1, 0.15) is 42.5 Å². The number of carboxylic acid groups (broad SMARTS) is 2. The number of aliphatic carboxylic acids is 2. The number of carbonyl (C=O) groups excluding carboxylic acids is 1. The topological polar surface area (TPSA) is 125 Å². The van der Waals surface area contributed by atoms with E-state index in [-0.39, 0.29) is 24.6 Å². The number of nitrogens with zero attached hydrogens (tertiary/aromatic N) is 1. The number of carbonyl (C=O) groups is 3. The Hall–Kier alpha value is -4.01. The Morgan fingerprint density at radius 1 is 1.11 bits per heavy atom. The number of fused-ring (bicyclic) bond motifs is 1. The number of hydrogen-bond donors (Lipinski definition) is 3. The first-order valence-electron chi connectivity index (χ1n) is 11.5. The van der Waals surface area contributed by atoms with Gasteiger partial charge in [-0.3, -0.25) is 9.59 Å². The van der Waals surface area contributed by atoms with E-state index >= 15 is 0 Å². The second kappa shape index (κ2) is 12.5. The minimum atomic E-state index is -1.15. The molecule has 0 bridgehead atoms. The van der Waals surface area contributed by atoms with Crippen molar-refractivity contribution in [2.45, 2.75) is 38.2 Å². The first kappa shape index (κ1) is 25.6. The van der Waals surface area contributed by atoms with Crippen LogP contribution in [0.25, 0.3) is 0 Å². The number of amides is 1. The molecule has 1 unspecified atom stereocenters. The molecule has 35 heavy (non-hydrogen) atoms. The molecule has 1 atom stereocenters. The zero-order valence-electron chi connectivity index (χ0n) is 19.4. The molecule has 0 radical (unpaired) electrons. The quantitative estimate of drug-likeness (QED) is 0.287. The van der Waals surface area contributed by atoms with E-state index in [1.807, 2.05) is 6.08 Å². The van der Waals surface area contributed by atoms with E-state index in [0.29, 0.717) is 42.3 Å². The van der Waals surface area contributed by atoms with Crippen molar-refractivity contribution in [3.05, 3.63) is 60.7 Å². The third-order valence-corrected chi connectivity index (χ3v) is 5.51. The van der Waals surface area contributed by atoms with Gasteiger partial charge in [0, 0.05) is 18.5 Å². The average Bonchev–Trinajstić information content (AvgIpc) is 2.84. The van der Waals surface area contributed by atoms with Crippen LogP contribution in [0.4, 0.5) is 11.4 Å². The summed E-state index contributed by atoms with van der Waals surface area (Å²) >= 11 is 0. The molecule has 3 N–H and O–H groups in total. The van der Waals surface area contributed by atoms with Gasteiger partial charge < -0.3 is 29.9 Å². The molecule has 186 valence electrons. The Morgan fingerprint density at radius 3 is 2.57 bits per heavy atom. The number of nitrogens with one attached hydrogen (secondary N) is 1. The molecule has 9 heteroatoms. The van der Waals surface area contributed by atoms with Gasteiger partial charge in [-0.05, 0) is 62.1 Å². The Kier molecular flexibility index (Phi) is 9.11. The fraction of sp³-hybridized carbons (Fsp3) is 0.346. The Bertz CT molecular complexity index is 1050. The minimum absolute atomic E-state index is 0.0324. The third kappa shape index (κ3) is 7.23. The fourth-order valence-corrected chi connectivity index (χ4v) is 3.71. The van der Waals surface area contributed by atoms with Crippen molar-refractivity contribution < 1.29 is 34.1 Å². The van der Waals surface area contributed by atoms with E-state index in [1.54, 1.807) is 47.4 Å². The minimum Gasteiger partial charge on any atom is -0.494 e. The van der Waals surface area contributed by atoms with E-state index in [4.69, 9.17) is 14.6 Å². The molecular formula is C26H30N2O7. The molecule has 2 aromatic rings. The molecule has 0 spiro atoms. The van der Waals surface area contributed by atoms with Crippen molar-refractivity contribution in [2.24, 2.45) is 0 Å². The van der Waals surface area contributed by atoms with Gasteiger partial charge in [-0.2, -0.15) is 0 Å². The summed E-state index contributed by atoms with van der Waals surface area (Å²) in [5, 5.41) is 21.3. The van der Waals surface area contributed by atoms with Crippen molar-refractivity contribution in [3.8, 4) is 11.5 Å². The number of rotatable bonds is 13. The van der Waals surface area contributed by atoms with Crippen molar-refractivity contribution in [1.29, 1.82) is 0 Å². The molecule has 1 aliphatic rings. The van der Waals surface area contributed by atoms with Gasteiger partial charge in [-0.1, -0.05) is 12.1 Å². The summed E-state index contributed by atoms with van der Waals surface area (Å²) in [5.41, 5.74) is 1.35. The molecule has 2 aromatic carbocycles. The van der Waals surface area contributed by atoms with Gasteiger partial charge in [0.15, 0.2) is 5.75 Å². The summed E-state index contributed by atoms with van der Waals surface area (Å²) in [6.07, 6.45) is 3.92. The number of carboxylic acids is 2. The maximum atomic E-state index is 12.9. The van der Waals surface area contributed by atoms with Gasteiger partial charge >= 0.3 is 11.9 Å². The molecule has 1 amide bonds.